The molecule has 33 heavy (non-hydrogen) atoms. The van der Waals surface area contributed by atoms with Gasteiger partial charge in [0.15, 0.2) is 0 Å². The number of benzene rings is 2. The van der Waals surface area contributed by atoms with E-state index in [0.29, 0.717) is 63.7 Å². The normalized spacial score (nSPS) is 10.6. The average Bonchev–Trinajstić information content (AvgIpc) is 2.85. The Balaban J connectivity index is 1.59. The van der Waals surface area contributed by atoms with Gasteiger partial charge in [0.1, 0.15) is 11.5 Å². The zero-order valence-corrected chi connectivity index (χ0v) is 18.7. The van der Waals surface area contributed by atoms with Crippen molar-refractivity contribution in [3.63, 3.8) is 0 Å². The van der Waals surface area contributed by atoms with Crippen LogP contribution in [-0.4, -0.2) is 61.6 Å². The molecule has 1 aromatic heterocycles. The number of hydrogen-bond acceptors (Lipinski definition) is 10. The molecule has 0 saturated heterocycles. The van der Waals surface area contributed by atoms with Crippen LogP contribution in [0.1, 0.15) is 5.56 Å². The van der Waals surface area contributed by atoms with Crippen molar-refractivity contribution >= 4 is 11.9 Å². The first kappa shape index (κ1) is 24.2. The van der Waals surface area contributed by atoms with Crippen LogP contribution in [0, 0.1) is 0 Å². The van der Waals surface area contributed by atoms with E-state index >= 15 is 0 Å². The quantitative estimate of drug-likeness (QED) is 0.295. The molecule has 0 aliphatic rings. The van der Waals surface area contributed by atoms with Crippen LogP contribution < -0.4 is 25.8 Å². The molecule has 0 fully saturated rings. The molecule has 3 rings (SSSR count). The highest BCUT2D eigenvalue weighted by molar-refractivity contribution is 5.38. The minimum absolute atomic E-state index is 0.187. The zero-order chi connectivity index (χ0) is 23.1. The molecular formula is C23H30N6O4. The van der Waals surface area contributed by atoms with E-state index in [9.17, 15) is 0 Å². The molecule has 0 saturated carbocycles. The molecule has 176 valence electrons. The largest absolute Gasteiger partial charge is 0.497 e. The Labute approximate surface area is 193 Å². The number of ether oxygens (including phenoxy) is 4. The van der Waals surface area contributed by atoms with Crippen molar-refractivity contribution < 1.29 is 18.9 Å². The fourth-order valence-electron chi connectivity index (χ4n) is 2.72. The van der Waals surface area contributed by atoms with Crippen molar-refractivity contribution in [1.82, 2.24) is 15.0 Å². The Kier molecular flexibility index (Phi) is 10.1. The van der Waals surface area contributed by atoms with E-state index in [4.69, 9.17) is 24.7 Å². The minimum Gasteiger partial charge on any atom is -0.497 e. The van der Waals surface area contributed by atoms with Gasteiger partial charge in [-0.3, -0.25) is 0 Å². The predicted molar refractivity (Wildman–Crippen MR) is 126 cm³/mol. The smallest absolute Gasteiger partial charge is 0.328 e. The van der Waals surface area contributed by atoms with Gasteiger partial charge >= 0.3 is 6.01 Å². The van der Waals surface area contributed by atoms with Gasteiger partial charge in [-0.25, -0.2) is 0 Å². The number of nitrogens with zero attached hydrogens (tertiary/aromatic N) is 3. The summed E-state index contributed by atoms with van der Waals surface area (Å²) in [6.45, 7) is 3.56. The van der Waals surface area contributed by atoms with Crippen LogP contribution in [0.4, 0.5) is 11.9 Å². The van der Waals surface area contributed by atoms with Crippen LogP contribution in [-0.2, 0) is 16.0 Å². The fraction of sp³-hybridized carbons (Fsp3) is 0.348. The number of nitrogens with one attached hydrogen (secondary N) is 2. The minimum atomic E-state index is 0.187. The van der Waals surface area contributed by atoms with Crippen LogP contribution >= 0.6 is 0 Å². The maximum Gasteiger partial charge on any atom is 0.328 e. The molecule has 2 aromatic carbocycles. The molecule has 0 atom stereocenters. The molecule has 0 bridgehead atoms. The number of nitrogens with two attached hydrogens (primary N) is 1. The monoisotopic (exact) mass is 454 g/mol. The van der Waals surface area contributed by atoms with Crippen molar-refractivity contribution in [3.05, 3.63) is 60.2 Å². The van der Waals surface area contributed by atoms with Gasteiger partial charge < -0.3 is 35.3 Å². The van der Waals surface area contributed by atoms with Crippen LogP contribution in [0.2, 0.25) is 0 Å². The van der Waals surface area contributed by atoms with Gasteiger partial charge in [0, 0.05) is 19.6 Å². The summed E-state index contributed by atoms with van der Waals surface area (Å²) in [4.78, 5) is 13.2. The third-order valence-corrected chi connectivity index (χ3v) is 4.34. The first-order chi connectivity index (χ1) is 16.3. The first-order valence-corrected chi connectivity index (χ1v) is 10.7. The van der Waals surface area contributed by atoms with Gasteiger partial charge in [-0.2, -0.15) is 15.0 Å². The molecule has 0 spiro atoms. The lowest BCUT2D eigenvalue weighted by Gasteiger charge is -2.11. The van der Waals surface area contributed by atoms with E-state index in [1.165, 1.54) is 0 Å². The molecule has 0 unspecified atom stereocenters. The van der Waals surface area contributed by atoms with Crippen molar-refractivity contribution in [2.75, 3.05) is 57.3 Å². The molecule has 0 radical (unpaired) electrons. The van der Waals surface area contributed by atoms with Crippen molar-refractivity contribution in [3.8, 4) is 17.5 Å². The van der Waals surface area contributed by atoms with Crippen LogP contribution in [0.5, 0.6) is 17.5 Å². The van der Waals surface area contributed by atoms with Crippen molar-refractivity contribution in [2.24, 2.45) is 5.73 Å². The molecule has 3 aromatic rings. The predicted octanol–water partition coefficient (Wildman–Crippen LogP) is 2.69. The molecular weight excluding hydrogens is 424 g/mol. The lowest BCUT2D eigenvalue weighted by atomic mass is 10.2. The highest BCUT2D eigenvalue weighted by Gasteiger charge is 2.09. The third kappa shape index (κ3) is 8.89. The Bertz CT molecular complexity index is 943. The Hall–Kier alpha value is -3.47. The van der Waals surface area contributed by atoms with E-state index in [1.54, 1.807) is 7.11 Å². The summed E-state index contributed by atoms with van der Waals surface area (Å²) in [6, 6.07) is 17.3. The highest BCUT2D eigenvalue weighted by atomic mass is 16.5. The van der Waals surface area contributed by atoms with Gasteiger partial charge in [0.2, 0.25) is 11.9 Å². The summed E-state index contributed by atoms with van der Waals surface area (Å²) in [6.07, 6.45) is 0. The van der Waals surface area contributed by atoms with Crippen LogP contribution in [0.15, 0.2) is 54.6 Å². The summed E-state index contributed by atoms with van der Waals surface area (Å²) >= 11 is 0. The third-order valence-electron chi connectivity index (χ3n) is 4.34. The van der Waals surface area contributed by atoms with Crippen molar-refractivity contribution in [2.45, 2.75) is 6.54 Å². The summed E-state index contributed by atoms with van der Waals surface area (Å²) < 4.78 is 21.8. The van der Waals surface area contributed by atoms with Gasteiger partial charge in [-0.1, -0.05) is 30.3 Å². The van der Waals surface area contributed by atoms with E-state index in [-0.39, 0.29) is 6.01 Å². The molecule has 10 heteroatoms. The average molecular weight is 455 g/mol. The second-order valence-electron chi connectivity index (χ2n) is 6.82. The summed E-state index contributed by atoms with van der Waals surface area (Å²) in [5, 5.41) is 6.36. The molecule has 0 amide bonds. The standard InChI is InChI=1S/C23H30N6O4/c1-30-19-9-7-18(8-10-19)17-26-22-27-21(25-12-14-32-16-15-31-13-11-24)28-23(29-22)33-20-5-3-2-4-6-20/h2-10H,11-17,24H2,1H3,(H2,25,26,27,28,29). The van der Waals surface area contributed by atoms with Crippen molar-refractivity contribution in [1.29, 1.82) is 0 Å². The molecule has 0 aliphatic heterocycles. The Morgan fingerprint density at radius 1 is 0.758 bits per heavy atom. The van der Waals surface area contributed by atoms with E-state index < -0.39 is 0 Å². The number of para-hydroxylation sites is 1. The van der Waals surface area contributed by atoms with Gasteiger partial charge in [0.25, 0.3) is 0 Å². The summed E-state index contributed by atoms with van der Waals surface area (Å²) in [5.74, 6) is 2.22. The molecule has 10 nitrogen and oxygen atoms in total. The SMILES string of the molecule is COc1ccc(CNc2nc(NCCOCCOCCN)nc(Oc3ccccc3)n2)cc1. The molecule has 0 aliphatic carbocycles. The maximum atomic E-state index is 5.81. The second kappa shape index (κ2) is 13.8. The van der Waals surface area contributed by atoms with E-state index in [2.05, 4.69) is 25.6 Å². The number of anilines is 2. The van der Waals surface area contributed by atoms with Crippen LogP contribution in [0.25, 0.3) is 0 Å². The maximum absolute atomic E-state index is 5.81. The van der Waals surface area contributed by atoms with Crippen LogP contribution in [0.3, 0.4) is 0 Å². The fourth-order valence-corrected chi connectivity index (χ4v) is 2.72. The molecule has 1 heterocycles. The summed E-state index contributed by atoms with van der Waals surface area (Å²) in [7, 11) is 1.64. The lowest BCUT2D eigenvalue weighted by Crippen LogP contribution is -2.16. The van der Waals surface area contributed by atoms with Gasteiger partial charge in [-0.05, 0) is 29.8 Å². The highest BCUT2D eigenvalue weighted by Crippen LogP contribution is 2.20. The van der Waals surface area contributed by atoms with Gasteiger partial charge in [0.05, 0.1) is 33.5 Å². The summed E-state index contributed by atoms with van der Waals surface area (Å²) in [5.41, 5.74) is 6.44. The van der Waals surface area contributed by atoms with E-state index in [1.807, 2.05) is 54.6 Å². The lowest BCUT2D eigenvalue weighted by molar-refractivity contribution is 0.0547. The first-order valence-electron chi connectivity index (χ1n) is 10.7. The topological polar surface area (TPSA) is 126 Å². The van der Waals surface area contributed by atoms with Gasteiger partial charge in [-0.15, -0.1) is 0 Å². The Morgan fingerprint density at radius 2 is 1.45 bits per heavy atom. The zero-order valence-electron chi connectivity index (χ0n) is 18.7. The molecule has 4 N–H and O–H groups in total. The van der Waals surface area contributed by atoms with E-state index in [0.717, 1.165) is 11.3 Å². The second-order valence-corrected chi connectivity index (χ2v) is 6.82. The number of methoxy groups -OCH3 is 1. The number of aromatic nitrogens is 3. The number of hydrogen-bond donors (Lipinski definition) is 3. The Morgan fingerprint density at radius 3 is 2.15 bits per heavy atom. The number of rotatable bonds is 15.